The smallest absolute Gasteiger partial charge is 0.142 e. The second kappa shape index (κ2) is 6.44. The molecule has 0 aliphatic heterocycles. The van der Waals surface area contributed by atoms with Crippen molar-refractivity contribution < 1.29 is 0 Å². The molecular formula is C11H19ClN2S. The van der Waals surface area contributed by atoms with Gasteiger partial charge in [-0.25, -0.2) is 4.98 Å². The quantitative estimate of drug-likeness (QED) is 0.716. The topological polar surface area (TPSA) is 25.8 Å². The Balaban J connectivity index is 2.42. The van der Waals surface area contributed by atoms with Crippen molar-refractivity contribution in [3.63, 3.8) is 0 Å². The van der Waals surface area contributed by atoms with E-state index in [1.54, 1.807) is 0 Å². The minimum Gasteiger partial charge on any atom is -0.225 e. The van der Waals surface area contributed by atoms with Crippen molar-refractivity contribution in [3.8, 4) is 0 Å². The van der Waals surface area contributed by atoms with Gasteiger partial charge in [-0.3, -0.25) is 0 Å². The summed E-state index contributed by atoms with van der Waals surface area (Å²) in [6, 6.07) is 0. The molecule has 1 atom stereocenters. The summed E-state index contributed by atoms with van der Waals surface area (Å²) in [5, 5.41) is 1.28. The van der Waals surface area contributed by atoms with Crippen LogP contribution in [0.3, 0.4) is 0 Å². The van der Waals surface area contributed by atoms with E-state index in [9.17, 15) is 0 Å². The van der Waals surface area contributed by atoms with Crippen molar-refractivity contribution in [2.45, 2.75) is 51.8 Å². The molecule has 2 nitrogen and oxygen atoms in total. The van der Waals surface area contributed by atoms with Gasteiger partial charge in [0.05, 0.1) is 0 Å². The van der Waals surface area contributed by atoms with Gasteiger partial charge in [-0.05, 0) is 30.3 Å². The normalized spacial score (nSPS) is 13.4. The molecule has 0 saturated heterocycles. The maximum Gasteiger partial charge on any atom is 0.142 e. The van der Waals surface area contributed by atoms with Crippen LogP contribution in [0.1, 0.15) is 44.4 Å². The lowest BCUT2D eigenvalue weighted by molar-refractivity contribution is 0.561. The van der Waals surface area contributed by atoms with Crippen LogP contribution >= 0.6 is 23.1 Å². The zero-order valence-electron chi connectivity index (χ0n) is 9.66. The molecule has 15 heavy (non-hydrogen) atoms. The average molecular weight is 247 g/mol. The highest BCUT2D eigenvalue weighted by atomic mass is 35.5. The first-order valence-electron chi connectivity index (χ1n) is 5.57. The Hall–Kier alpha value is -0.150. The Morgan fingerprint density at radius 3 is 2.73 bits per heavy atom. The molecular weight excluding hydrogens is 228 g/mol. The van der Waals surface area contributed by atoms with Crippen LogP contribution < -0.4 is 0 Å². The Bertz CT molecular complexity index is 286. The summed E-state index contributed by atoms with van der Waals surface area (Å²) in [6.45, 7) is 6.53. The fourth-order valence-corrected chi connectivity index (χ4v) is 2.84. The molecule has 0 N–H and O–H groups in total. The van der Waals surface area contributed by atoms with E-state index in [0.29, 0.717) is 5.92 Å². The zero-order chi connectivity index (χ0) is 11.3. The van der Waals surface area contributed by atoms with E-state index < -0.39 is 0 Å². The highest BCUT2D eigenvalue weighted by molar-refractivity contribution is 7.05. The van der Waals surface area contributed by atoms with Crippen LogP contribution in [0.25, 0.3) is 0 Å². The van der Waals surface area contributed by atoms with Gasteiger partial charge in [0.25, 0.3) is 0 Å². The molecule has 0 fully saturated rings. The van der Waals surface area contributed by atoms with Gasteiger partial charge in [0, 0.05) is 18.2 Å². The number of aryl methyl sites for hydroxylation is 1. The molecule has 0 radical (unpaired) electrons. The van der Waals surface area contributed by atoms with Gasteiger partial charge in [-0.15, -0.1) is 11.6 Å². The molecule has 0 aliphatic rings. The van der Waals surface area contributed by atoms with Gasteiger partial charge in [-0.2, -0.15) is 4.37 Å². The van der Waals surface area contributed by atoms with Crippen LogP contribution in [0, 0.1) is 5.92 Å². The van der Waals surface area contributed by atoms with Gasteiger partial charge in [-0.1, -0.05) is 20.8 Å². The van der Waals surface area contributed by atoms with Crippen LogP contribution in [0.5, 0.6) is 0 Å². The molecule has 0 aromatic carbocycles. The van der Waals surface area contributed by atoms with Gasteiger partial charge >= 0.3 is 0 Å². The maximum absolute atomic E-state index is 6.24. The molecule has 0 saturated carbocycles. The first kappa shape index (κ1) is 12.9. The Labute approximate surface area is 101 Å². The highest BCUT2D eigenvalue weighted by Gasteiger charge is 2.11. The summed E-state index contributed by atoms with van der Waals surface area (Å²) >= 11 is 7.73. The number of halogens is 1. The lowest BCUT2D eigenvalue weighted by Gasteiger charge is -2.09. The number of hydrogen-bond donors (Lipinski definition) is 0. The second-order valence-corrected chi connectivity index (χ2v) is 5.74. The standard InChI is InChI=1S/C11H19ClN2S/c1-4-5-10-13-11(15-14-10)7-9(12)6-8(2)3/h8-9H,4-7H2,1-3H3. The Kier molecular flexibility index (Phi) is 5.54. The average Bonchev–Trinajstić information content (AvgIpc) is 2.51. The Morgan fingerprint density at radius 1 is 1.40 bits per heavy atom. The molecule has 1 rings (SSSR count). The molecule has 1 heterocycles. The molecule has 1 aromatic rings. The second-order valence-electron chi connectivity index (χ2n) is 4.29. The third-order valence-electron chi connectivity index (χ3n) is 2.11. The summed E-state index contributed by atoms with van der Waals surface area (Å²) in [7, 11) is 0. The van der Waals surface area contributed by atoms with E-state index in [2.05, 4.69) is 30.1 Å². The van der Waals surface area contributed by atoms with E-state index in [1.165, 1.54) is 11.5 Å². The molecule has 4 heteroatoms. The summed E-state index contributed by atoms with van der Waals surface area (Å²) in [6.07, 6.45) is 3.99. The van der Waals surface area contributed by atoms with Gasteiger partial charge in [0.2, 0.25) is 0 Å². The summed E-state index contributed by atoms with van der Waals surface area (Å²) in [5.41, 5.74) is 0. The van der Waals surface area contributed by atoms with E-state index in [1.807, 2.05) is 0 Å². The summed E-state index contributed by atoms with van der Waals surface area (Å²) < 4.78 is 4.31. The van der Waals surface area contributed by atoms with Gasteiger partial charge in [0.1, 0.15) is 10.8 Å². The molecule has 86 valence electrons. The van der Waals surface area contributed by atoms with Crippen LogP contribution in [0.15, 0.2) is 0 Å². The van der Waals surface area contributed by atoms with Crippen LogP contribution in [0.4, 0.5) is 0 Å². The fourth-order valence-electron chi connectivity index (χ4n) is 1.48. The number of rotatable bonds is 6. The van der Waals surface area contributed by atoms with Crippen molar-refractivity contribution in [3.05, 3.63) is 10.8 Å². The number of alkyl halides is 1. The SMILES string of the molecule is CCCc1nsc(CC(Cl)CC(C)C)n1. The third-order valence-corrected chi connectivity index (χ3v) is 3.21. The van der Waals surface area contributed by atoms with Crippen molar-refractivity contribution >= 4 is 23.1 Å². The molecule has 0 bridgehead atoms. The fraction of sp³-hybridized carbons (Fsp3) is 0.818. The Morgan fingerprint density at radius 2 is 2.13 bits per heavy atom. The van der Waals surface area contributed by atoms with Crippen LogP contribution in [0.2, 0.25) is 0 Å². The molecule has 1 unspecified atom stereocenters. The molecule has 0 amide bonds. The lowest BCUT2D eigenvalue weighted by atomic mass is 10.1. The van der Waals surface area contributed by atoms with Gasteiger partial charge in [0.15, 0.2) is 0 Å². The minimum absolute atomic E-state index is 0.201. The van der Waals surface area contributed by atoms with E-state index in [4.69, 9.17) is 11.6 Å². The lowest BCUT2D eigenvalue weighted by Crippen LogP contribution is -2.07. The minimum atomic E-state index is 0.201. The molecule has 0 spiro atoms. The van der Waals surface area contributed by atoms with Crippen molar-refractivity contribution in [1.82, 2.24) is 9.36 Å². The van der Waals surface area contributed by atoms with Crippen LogP contribution in [-0.4, -0.2) is 14.7 Å². The zero-order valence-corrected chi connectivity index (χ0v) is 11.2. The summed E-state index contributed by atoms with van der Waals surface area (Å²) in [5.74, 6) is 1.63. The number of hydrogen-bond acceptors (Lipinski definition) is 3. The van der Waals surface area contributed by atoms with Crippen molar-refractivity contribution in [1.29, 1.82) is 0 Å². The predicted octanol–water partition coefficient (Wildman–Crippen LogP) is 3.69. The molecule has 1 aromatic heterocycles. The van der Waals surface area contributed by atoms with Crippen molar-refractivity contribution in [2.75, 3.05) is 0 Å². The van der Waals surface area contributed by atoms with Crippen LogP contribution in [-0.2, 0) is 12.8 Å². The first-order chi connectivity index (χ1) is 7.11. The monoisotopic (exact) mass is 246 g/mol. The predicted molar refractivity (Wildman–Crippen MR) is 66.7 cm³/mol. The summed E-state index contributed by atoms with van der Waals surface area (Å²) in [4.78, 5) is 4.47. The van der Waals surface area contributed by atoms with E-state index in [-0.39, 0.29) is 5.38 Å². The highest BCUT2D eigenvalue weighted by Crippen LogP contribution is 2.17. The third kappa shape index (κ3) is 4.94. The number of aromatic nitrogens is 2. The van der Waals surface area contributed by atoms with Gasteiger partial charge < -0.3 is 0 Å². The number of nitrogens with zero attached hydrogens (tertiary/aromatic N) is 2. The van der Waals surface area contributed by atoms with E-state index >= 15 is 0 Å². The maximum atomic E-state index is 6.24. The van der Waals surface area contributed by atoms with E-state index in [0.717, 1.165) is 36.5 Å². The first-order valence-corrected chi connectivity index (χ1v) is 6.78. The molecule has 0 aliphatic carbocycles. The van der Waals surface area contributed by atoms with Crippen molar-refractivity contribution in [2.24, 2.45) is 5.92 Å². The largest absolute Gasteiger partial charge is 0.225 e.